The second kappa shape index (κ2) is 8.60. The minimum Gasteiger partial charge on any atom is -0.463 e. The second-order valence-electron chi connectivity index (χ2n) is 7.00. The zero-order valence-corrected chi connectivity index (χ0v) is 16.5. The minimum atomic E-state index is -0.634. The molecule has 1 N–H and O–H groups in total. The van der Waals surface area contributed by atoms with Gasteiger partial charge in [-0.2, -0.15) is 0 Å². The topological polar surface area (TPSA) is 104 Å². The summed E-state index contributed by atoms with van der Waals surface area (Å²) in [5.41, 5.74) is 0.585. The Morgan fingerprint density at radius 2 is 1.82 bits per heavy atom. The Kier molecular flexibility index (Phi) is 6.45. The van der Waals surface area contributed by atoms with Crippen molar-refractivity contribution in [3.05, 3.63) is 53.0 Å². The molecule has 150 valence electrons. The van der Waals surface area contributed by atoms with Gasteiger partial charge in [-0.05, 0) is 52.0 Å². The van der Waals surface area contributed by atoms with Crippen molar-refractivity contribution in [2.75, 3.05) is 12.4 Å². The number of rotatable bonds is 5. The number of nitrogens with one attached hydrogen (secondary N) is 1. The summed E-state index contributed by atoms with van der Waals surface area (Å²) in [6.45, 7) is 6.79. The van der Waals surface area contributed by atoms with E-state index in [1.807, 2.05) is 0 Å². The van der Waals surface area contributed by atoms with Crippen molar-refractivity contribution in [1.29, 1.82) is 0 Å². The smallest absolute Gasteiger partial charge is 0.412 e. The van der Waals surface area contributed by atoms with Crippen LogP contribution in [0.5, 0.6) is 0 Å². The van der Waals surface area contributed by atoms with E-state index in [0.717, 1.165) is 0 Å². The highest BCUT2D eigenvalue weighted by Crippen LogP contribution is 2.18. The first kappa shape index (κ1) is 21.0. The highest BCUT2D eigenvalue weighted by atomic mass is 16.6. The minimum absolute atomic E-state index is 0.0668. The quantitative estimate of drug-likeness (QED) is 0.607. The molecule has 0 fully saturated rings. The number of amides is 1. The van der Waals surface area contributed by atoms with Crippen molar-refractivity contribution in [3.8, 4) is 0 Å². The molecule has 8 heteroatoms. The number of hydrogen-bond donors (Lipinski definition) is 1. The van der Waals surface area contributed by atoms with Crippen molar-refractivity contribution < 1.29 is 33.0 Å². The number of esters is 2. The summed E-state index contributed by atoms with van der Waals surface area (Å²) in [7, 11) is 1.25. The standard InChI is InChI=1S/C20H23NO7/c1-12-9-15(27-16(12)18(23)25-5)11-26-17(22)13-7-6-8-14(10-13)21-19(24)28-20(2,3)4/h6-10H,11H2,1-5H3,(H,21,24). The first-order valence-corrected chi connectivity index (χ1v) is 8.54. The third-order valence-corrected chi connectivity index (χ3v) is 3.43. The van der Waals surface area contributed by atoms with Crippen molar-refractivity contribution in [2.24, 2.45) is 0 Å². The largest absolute Gasteiger partial charge is 0.463 e. The van der Waals surface area contributed by atoms with E-state index in [2.05, 4.69) is 10.1 Å². The Bertz CT molecular complexity index is 877. The van der Waals surface area contributed by atoms with Gasteiger partial charge in [0.05, 0.1) is 12.7 Å². The van der Waals surface area contributed by atoms with Gasteiger partial charge in [-0.3, -0.25) is 5.32 Å². The van der Waals surface area contributed by atoms with Crippen LogP contribution in [0.1, 0.15) is 53.0 Å². The summed E-state index contributed by atoms with van der Waals surface area (Å²) < 4.78 is 20.3. The van der Waals surface area contributed by atoms with E-state index in [0.29, 0.717) is 17.0 Å². The fourth-order valence-electron chi connectivity index (χ4n) is 2.28. The fourth-order valence-corrected chi connectivity index (χ4v) is 2.28. The number of aryl methyl sites for hydroxylation is 1. The van der Waals surface area contributed by atoms with Crippen molar-refractivity contribution in [1.82, 2.24) is 0 Å². The van der Waals surface area contributed by atoms with Crippen LogP contribution < -0.4 is 5.32 Å². The highest BCUT2D eigenvalue weighted by Gasteiger charge is 2.18. The molecule has 0 aliphatic heterocycles. The van der Waals surface area contributed by atoms with Crippen LogP contribution in [0.15, 0.2) is 34.7 Å². The molecular weight excluding hydrogens is 366 g/mol. The van der Waals surface area contributed by atoms with Crippen LogP contribution in [0.4, 0.5) is 10.5 Å². The predicted octanol–water partition coefficient (Wildman–Crippen LogP) is 4.08. The lowest BCUT2D eigenvalue weighted by Gasteiger charge is -2.19. The SMILES string of the molecule is COC(=O)c1oc(COC(=O)c2cccc(NC(=O)OC(C)(C)C)c2)cc1C. The predicted molar refractivity (Wildman–Crippen MR) is 100 cm³/mol. The molecule has 0 aliphatic rings. The number of carbonyl (C=O) groups is 3. The molecule has 28 heavy (non-hydrogen) atoms. The van der Waals surface area contributed by atoms with Crippen LogP contribution in [0.25, 0.3) is 0 Å². The first-order valence-electron chi connectivity index (χ1n) is 8.54. The molecule has 2 aromatic rings. The van der Waals surface area contributed by atoms with Crippen LogP contribution in [0, 0.1) is 6.92 Å². The molecule has 0 saturated heterocycles. The molecule has 0 unspecified atom stereocenters. The van der Waals surface area contributed by atoms with Gasteiger partial charge in [0.2, 0.25) is 5.76 Å². The average Bonchev–Trinajstić information content (AvgIpc) is 2.98. The van der Waals surface area contributed by atoms with E-state index in [9.17, 15) is 14.4 Å². The lowest BCUT2D eigenvalue weighted by atomic mass is 10.2. The lowest BCUT2D eigenvalue weighted by Crippen LogP contribution is -2.27. The number of carbonyl (C=O) groups excluding carboxylic acids is 3. The molecule has 0 bridgehead atoms. The van der Waals surface area contributed by atoms with E-state index >= 15 is 0 Å². The maximum atomic E-state index is 12.3. The van der Waals surface area contributed by atoms with E-state index in [-0.39, 0.29) is 17.9 Å². The maximum Gasteiger partial charge on any atom is 0.412 e. The zero-order valence-electron chi connectivity index (χ0n) is 16.5. The van der Waals surface area contributed by atoms with E-state index in [4.69, 9.17) is 13.9 Å². The number of methoxy groups -OCH3 is 1. The number of benzene rings is 1. The van der Waals surface area contributed by atoms with Gasteiger partial charge in [0, 0.05) is 11.3 Å². The molecule has 0 saturated carbocycles. The summed E-state index contributed by atoms with van der Waals surface area (Å²) in [5, 5.41) is 2.56. The number of anilines is 1. The van der Waals surface area contributed by atoms with Gasteiger partial charge in [0.15, 0.2) is 0 Å². The Morgan fingerprint density at radius 1 is 1.11 bits per heavy atom. The third kappa shape index (κ3) is 5.87. The Labute approximate surface area is 162 Å². The Hall–Kier alpha value is -3.29. The summed E-state index contributed by atoms with van der Waals surface area (Å²) in [6.07, 6.45) is -0.626. The molecule has 0 atom stereocenters. The van der Waals surface area contributed by atoms with E-state index in [1.54, 1.807) is 52.0 Å². The molecule has 1 heterocycles. The molecule has 0 aliphatic carbocycles. The van der Waals surface area contributed by atoms with Crippen LogP contribution in [0.3, 0.4) is 0 Å². The van der Waals surface area contributed by atoms with Crippen LogP contribution in [-0.4, -0.2) is 30.7 Å². The molecule has 0 radical (unpaired) electrons. The van der Waals surface area contributed by atoms with E-state index < -0.39 is 23.6 Å². The molecule has 0 spiro atoms. The summed E-state index contributed by atoms with van der Waals surface area (Å²) in [6, 6.07) is 7.85. The normalized spacial score (nSPS) is 10.9. The highest BCUT2D eigenvalue weighted by molar-refractivity contribution is 5.92. The van der Waals surface area contributed by atoms with Gasteiger partial charge in [-0.15, -0.1) is 0 Å². The molecule has 8 nitrogen and oxygen atoms in total. The summed E-state index contributed by atoms with van der Waals surface area (Å²) in [5.74, 6) is -0.830. The summed E-state index contributed by atoms with van der Waals surface area (Å²) >= 11 is 0. The van der Waals surface area contributed by atoms with Crippen molar-refractivity contribution in [2.45, 2.75) is 39.9 Å². The zero-order chi connectivity index (χ0) is 20.9. The molecule has 1 aromatic heterocycles. The molecule has 2 rings (SSSR count). The second-order valence-corrected chi connectivity index (χ2v) is 7.00. The lowest BCUT2D eigenvalue weighted by molar-refractivity contribution is 0.0437. The van der Waals surface area contributed by atoms with Crippen LogP contribution in [0.2, 0.25) is 0 Å². The Morgan fingerprint density at radius 3 is 2.46 bits per heavy atom. The number of ether oxygens (including phenoxy) is 3. The van der Waals surface area contributed by atoms with Crippen molar-refractivity contribution in [3.63, 3.8) is 0 Å². The number of furan rings is 1. The van der Waals surface area contributed by atoms with Gasteiger partial charge >= 0.3 is 18.0 Å². The number of hydrogen-bond acceptors (Lipinski definition) is 7. The van der Waals surface area contributed by atoms with Gasteiger partial charge in [-0.1, -0.05) is 6.07 Å². The maximum absolute atomic E-state index is 12.3. The van der Waals surface area contributed by atoms with Crippen LogP contribution >= 0.6 is 0 Å². The summed E-state index contributed by atoms with van der Waals surface area (Å²) in [4.78, 5) is 35.7. The van der Waals surface area contributed by atoms with Gasteiger partial charge < -0.3 is 18.6 Å². The van der Waals surface area contributed by atoms with Gasteiger partial charge in [-0.25, -0.2) is 14.4 Å². The van der Waals surface area contributed by atoms with Crippen molar-refractivity contribution >= 4 is 23.7 Å². The Balaban J connectivity index is 1.99. The van der Waals surface area contributed by atoms with E-state index in [1.165, 1.54) is 13.2 Å². The van der Waals surface area contributed by atoms with Gasteiger partial charge in [0.25, 0.3) is 0 Å². The monoisotopic (exact) mass is 389 g/mol. The third-order valence-electron chi connectivity index (χ3n) is 3.43. The fraction of sp³-hybridized carbons (Fsp3) is 0.350. The first-order chi connectivity index (χ1) is 13.1. The molecule has 1 aromatic carbocycles. The molecular formula is C20H23NO7. The van der Waals surface area contributed by atoms with Crippen LogP contribution in [-0.2, 0) is 20.8 Å². The average molecular weight is 389 g/mol. The van der Waals surface area contributed by atoms with Gasteiger partial charge in [0.1, 0.15) is 18.0 Å². The molecule has 1 amide bonds.